The molecule has 0 amide bonds. The zero-order valence-corrected chi connectivity index (χ0v) is 10.6. The molecule has 0 fully saturated rings. The van der Waals surface area contributed by atoms with Crippen LogP contribution in [0.4, 0.5) is 5.69 Å². The highest BCUT2D eigenvalue weighted by atomic mass is 15.3. The Hall–Kier alpha value is -1.77. The van der Waals surface area contributed by atoms with E-state index < -0.39 is 0 Å². The van der Waals surface area contributed by atoms with E-state index in [-0.39, 0.29) is 0 Å². The van der Waals surface area contributed by atoms with Gasteiger partial charge in [0, 0.05) is 18.9 Å². The lowest BCUT2D eigenvalue weighted by Crippen LogP contribution is -2.01. The number of hydrogen-bond acceptors (Lipinski definition) is 2. The molecule has 2 aromatic rings. The molecule has 1 heterocycles. The van der Waals surface area contributed by atoms with Gasteiger partial charge in [-0.3, -0.25) is 4.68 Å². The predicted molar refractivity (Wildman–Crippen MR) is 71.1 cm³/mol. The van der Waals surface area contributed by atoms with Gasteiger partial charge in [0.05, 0.1) is 12.2 Å². The van der Waals surface area contributed by atoms with Crippen molar-refractivity contribution in [1.82, 2.24) is 9.78 Å². The number of benzene rings is 1. The lowest BCUT2D eigenvalue weighted by atomic mass is 10.0. The molecule has 1 aromatic carbocycles. The van der Waals surface area contributed by atoms with Crippen LogP contribution in [0.25, 0.3) is 0 Å². The first-order valence-corrected chi connectivity index (χ1v) is 5.97. The van der Waals surface area contributed by atoms with E-state index in [0.717, 1.165) is 17.9 Å². The molecule has 0 aliphatic heterocycles. The van der Waals surface area contributed by atoms with Crippen LogP contribution < -0.4 is 5.32 Å². The van der Waals surface area contributed by atoms with Crippen molar-refractivity contribution in [2.45, 2.75) is 26.3 Å². The lowest BCUT2D eigenvalue weighted by Gasteiger charge is -2.09. The summed E-state index contributed by atoms with van der Waals surface area (Å²) >= 11 is 0. The van der Waals surface area contributed by atoms with Crippen molar-refractivity contribution in [1.29, 1.82) is 0 Å². The summed E-state index contributed by atoms with van der Waals surface area (Å²) in [6.07, 6.45) is 1.96. The van der Waals surface area contributed by atoms with E-state index in [4.69, 9.17) is 0 Å². The molecule has 17 heavy (non-hydrogen) atoms. The monoisotopic (exact) mass is 229 g/mol. The molecule has 3 heteroatoms. The van der Waals surface area contributed by atoms with Crippen LogP contribution in [0.1, 0.15) is 31.0 Å². The third-order valence-electron chi connectivity index (χ3n) is 2.80. The van der Waals surface area contributed by atoms with E-state index in [1.54, 1.807) is 0 Å². The van der Waals surface area contributed by atoms with Crippen molar-refractivity contribution in [3.8, 4) is 0 Å². The maximum Gasteiger partial charge on any atom is 0.0815 e. The van der Waals surface area contributed by atoms with Crippen LogP contribution in [0.3, 0.4) is 0 Å². The van der Waals surface area contributed by atoms with E-state index in [1.807, 2.05) is 24.0 Å². The highest BCUT2D eigenvalue weighted by molar-refractivity contribution is 5.46. The van der Waals surface area contributed by atoms with Gasteiger partial charge in [0.2, 0.25) is 0 Å². The van der Waals surface area contributed by atoms with Gasteiger partial charge >= 0.3 is 0 Å². The van der Waals surface area contributed by atoms with E-state index in [0.29, 0.717) is 5.92 Å². The summed E-state index contributed by atoms with van der Waals surface area (Å²) in [6, 6.07) is 10.6. The molecule has 0 aliphatic carbocycles. The molecule has 0 saturated heterocycles. The Morgan fingerprint density at radius 1 is 1.29 bits per heavy atom. The minimum atomic E-state index is 0.562. The minimum absolute atomic E-state index is 0.562. The average molecular weight is 229 g/mol. The van der Waals surface area contributed by atoms with Gasteiger partial charge in [0.1, 0.15) is 0 Å². The van der Waals surface area contributed by atoms with Crippen molar-refractivity contribution < 1.29 is 0 Å². The third kappa shape index (κ3) is 3.09. The largest absolute Gasteiger partial charge is 0.379 e. The fourth-order valence-corrected chi connectivity index (χ4v) is 1.76. The Labute approximate surface area is 102 Å². The summed E-state index contributed by atoms with van der Waals surface area (Å²) in [7, 11) is 1.93. The Morgan fingerprint density at radius 2 is 2.12 bits per heavy atom. The number of nitrogens with one attached hydrogen (secondary N) is 1. The zero-order valence-electron chi connectivity index (χ0n) is 10.6. The molecule has 0 unspecified atom stereocenters. The number of nitrogens with zero attached hydrogens (tertiary/aromatic N) is 2. The second kappa shape index (κ2) is 5.04. The van der Waals surface area contributed by atoms with Crippen LogP contribution in [0.2, 0.25) is 0 Å². The molecule has 0 atom stereocenters. The van der Waals surface area contributed by atoms with Crippen LogP contribution in [0, 0.1) is 0 Å². The third-order valence-corrected chi connectivity index (χ3v) is 2.80. The topological polar surface area (TPSA) is 29.9 Å². The molecular formula is C14H19N3. The second-order valence-electron chi connectivity index (χ2n) is 4.61. The molecule has 2 rings (SSSR count). The SMILES string of the molecule is CC(C)c1cccc(NCc2ccn(C)n2)c1. The molecule has 0 spiro atoms. The van der Waals surface area contributed by atoms with Crippen LogP contribution in [-0.2, 0) is 13.6 Å². The number of aromatic nitrogens is 2. The number of hydrogen-bond donors (Lipinski definition) is 1. The summed E-state index contributed by atoms with van der Waals surface area (Å²) in [5.74, 6) is 0.562. The first kappa shape index (κ1) is 11.7. The average Bonchev–Trinajstić information content (AvgIpc) is 2.73. The normalized spacial score (nSPS) is 10.8. The van der Waals surface area contributed by atoms with Crippen LogP contribution >= 0.6 is 0 Å². The van der Waals surface area contributed by atoms with E-state index >= 15 is 0 Å². The fraction of sp³-hybridized carbons (Fsp3) is 0.357. The summed E-state index contributed by atoms with van der Waals surface area (Å²) in [6.45, 7) is 5.18. The van der Waals surface area contributed by atoms with Gasteiger partial charge in [-0.15, -0.1) is 0 Å². The summed E-state index contributed by atoms with van der Waals surface area (Å²) in [4.78, 5) is 0. The van der Waals surface area contributed by atoms with Crippen molar-refractivity contribution in [2.24, 2.45) is 7.05 Å². The first-order chi connectivity index (χ1) is 8.15. The Morgan fingerprint density at radius 3 is 2.76 bits per heavy atom. The van der Waals surface area contributed by atoms with Crippen molar-refractivity contribution in [3.05, 3.63) is 47.8 Å². The van der Waals surface area contributed by atoms with Gasteiger partial charge in [0.25, 0.3) is 0 Å². The van der Waals surface area contributed by atoms with Crippen LogP contribution in [0.5, 0.6) is 0 Å². The molecule has 1 N–H and O–H groups in total. The first-order valence-electron chi connectivity index (χ1n) is 5.97. The Kier molecular flexibility index (Phi) is 3.47. The molecule has 0 aliphatic rings. The maximum atomic E-state index is 4.34. The van der Waals surface area contributed by atoms with Gasteiger partial charge in [0.15, 0.2) is 0 Å². The fourth-order valence-electron chi connectivity index (χ4n) is 1.76. The quantitative estimate of drug-likeness (QED) is 0.872. The zero-order chi connectivity index (χ0) is 12.3. The Balaban J connectivity index is 2.01. The van der Waals surface area contributed by atoms with Gasteiger partial charge in [-0.05, 0) is 29.7 Å². The molecule has 1 aromatic heterocycles. The van der Waals surface area contributed by atoms with Crippen LogP contribution in [-0.4, -0.2) is 9.78 Å². The molecule has 0 bridgehead atoms. The van der Waals surface area contributed by atoms with Crippen molar-refractivity contribution in [3.63, 3.8) is 0 Å². The lowest BCUT2D eigenvalue weighted by molar-refractivity contribution is 0.747. The number of anilines is 1. The highest BCUT2D eigenvalue weighted by Gasteiger charge is 2.01. The summed E-state index contributed by atoms with van der Waals surface area (Å²) in [5, 5.41) is 7.73. The smallest absolute Gasteiger partial charge is 0.0815 e. The second-order valence-corrected chi connectivity index (χ2v) is 4.61. The molecule has 3 nitrogen and oxygen atoms in total. The number of rotatable bonds is 4. The minimum Gasteiger partial charge on any atom is -0.379 e. The van der Waals surface area contributed by atoms with Crippen molar-refractivity contribution >= 4 is 5.69 Å². The summed E-state index contributed by atoms with van der Waals surface area (Å²) < 4.78 is 1.82. The van der Waals surface area contributed by atoms with E-state index in [2.05, 4.69) is 48.5 Å². The molecular weight excluding hydrogens is 210 g/mol. The van der Waals surface area contributed by atoms with Crippen molar-refractivity contribution in [2.75, 3.05) is 5.32 Å². The maximum absolute atomic E-state index is 4.34. The molecule has 0 saturated carbocycles. The highest BCUT2D eigenvalue weighted by Crippen LogP contribution is 2.18. The molecule has 0 radical (unpaired) electrons. The van der Waals surface area contributed by atoms with Crippen LogP contribution in [0.15, 0.2) is 36.5 Å². The van der Waals surface area contributed by atoms with Gasteiger partial charge in [-0.2, -0.15) is 5.10 Å². The van der Waals surface area contributed by atoms with E-state index in [1.165, 1.54) is 5.56 Å². The molecule has 90 valence electrons. The van der Waals surface area contributed by atoms with Gasteiger partial charge in [-0.1, -0.05) is 26.0 Å². The predicted octanol–water partition coefficient (Wildman–Crippen LogP) is 3.16. The standard InChI is InChI=1S/C14H19N3/c1-11(2)12-5-4-6-13(9-12)15-10-14-7-8-17(3)16-14/h4-9,11,15H,10H2,1-3H3. The van der Waals surface area contributed by atoms with Gasteiger partial charge < -0.3 is 5.32 Å². The van der Waals surface area contributed by atoms with E-state index in [9.17, 15) is 0 Å². The summed E-state index contributed by atoms with van der Waals surface area (Å²) in [5.41, 5.74) is 3.57. The number of aryl methyl sites for hydroxylation is 1. The Bertz CT molecular complexity index is 486. The van der Waals surface area contributed by atoms with Gasteiger partial charge in [-0.25, -0.2) is 0 Å².